The number of aromatic nitrogens is 1. The summed E-state index contributed by atoms with van der Waals surface area (Å²) < 4.78 is 32.7. The Morgan fingerprint density at radius 2 is 1.51 bits per heavy atom. The summed E-state index contributed by atoms with van der Waals surface area (Å²) >= 11 is 1.01. The second-order valence-electron chi connectivity index (χ2n) is 7.91. The molecule has 10 heteroatoms. The third kappa shape index (κ3) is 6.62. The van der Waals surface area contributed by atoms with Crippen molar-refractivity contribution < 1.29 is 23.1 Å². The number of methoxy groups -OCH3 is 1. The number of carbonyl (C=O) groups excluding carboxylic acids is 2. The van der Waals surface area contributed by atoms with Crippen molar-refractivity contribution >= 4 is 28.9 Å². The minimum Gasteiger partial charge on any atom is -0.465 e. The number of rotatable bonds is 7. The summed E-state index contributed by atoms with van der Waals surface area (Å²) in [7, 11) is 1.27. The number of ether oxygens (including phenoxy) is 1. The minimum absolute atomic E-state index is 0.120. The van der Waals surface area contributed by atoms with Crippen molar-refractivity contribution in [3.8, 4) is 0 Å². The monoisotopic (exact) mass is 521 g/mol. The highest BCUT2D eigenvalue weighted by Gasteiger charge is 2.13. The zero-order valence-corrected chi connectivity index (χ0v) is 20.4. The van der Waals surface area contributed by atoms with Crippen molar-refractivity contribution in [3.05, 3.63) is 127 Å². The van der Waals surface area contributed by atoms with Gasteiger partial charge in [-0.15, -0.1) is 0 Å². The van der Waals surface area contributed by atoms with E-state index in [-0.39, 0.29) is 28.6 Å². The Bertz CT molecular complexity index is 1550. The van der Waals surface area contributed by atoms with Crippen LogP contribution in [-0.2, 0) is 17.8 Å². The maximum Gasteiger partial charge on any atom is 0.337 e. The zero-order chi connectivity index (χ0) is 26.4. The molecule has 0 atom stereocenters. The molecule has 0 bridgehead atoms. The molecular formula is C27H21F2N3O4S. The van der Waals surface area contributed by atoms with Crippen LogP contribution >= 0.6 is 11.3 Å². The summed E-state index contributed by atoms with van der Waals surface area (Å²) in [6.45, 7) is 0.272. The first-order chi connectivity index (χ1) is 17.8. The topological polar surface area (TPSA) is 89.8 Å². The maximum atomic E-state index is 13.3. The van der Waals surface area contributed by atoms with E-state index in [0.29, 0.717) is 16.8 Å². The lowest BCUT2D eigenvalue weighted by Crippen LogP contribution is -2.33. The fourth-order valence-electron chi connectivity index (χ4n) is 3.36. The summed E-state index contributed by atoms with van der Waals surface area (Å²) in [6, 6.07) is 18.8. The molecule has 1 heterocycles. The van der Waals surface area contributed by atoms with E-state index in [9.17, 15) is 23.2 Å². The van der Waals surface area contributed by atoms with Gasteiger partial charge in [-0.05, 0) is 59.7 Å². The molecular weight excluding hydrogens is 500 g/mol. The van der Waals surface area contributed by atoms with E-state index in [2.05, 4.69) is 15.0 Å². The van der Waals surface area contributed by atoms with Gasteiger partial charge in [0, 0.05) is 11.8 Å². The molecule has 7 nitrogen and oxygen atoms in total. The number of hydrogen-bond acceptors (Lipinski definition) is 6. The van der Waals surface area contributed by atoms with Gasteiger partial charge in [0.1, 0.15) is 16.5 Å². The summed E-state index contributed by atoms with van der Waals surface area (Å²) in [5.41, 5.74) is 1.68. The summed E-state index contributed by atoms with van der Waals surface area (Å²) in [6.07, 6.45) is 0. The Labute approximate surface area is 214 Å². The highest BCUT2D eigenvalue weighted by Crippen LogP contribution is 2.13. The van der Waals surface area contributed by atoms with E-state index in [1.807, 2.05) is 0 Å². The van der Waals surface area contributed by atoms with Gasteiger partial charge in [-0.3, -0.25) is 19.1 Å². The molecule has 0 spiro atoms. The number of amides is 1. The van der Waals surface area contributed by atoms with Crippen LogP contribution in [0.5, 0.6) is 0 Å². The fourth-order valence-corrected chi connectivity index (χ4v) is 4.26. The van der Waals surface area contributed by atoms with E-state index < -0.39 is 23.3 Å². The van der Waals surface area contributed by atoms with Gasteiger partial charge in [0.05, 0.1) is 25.8 Å². The number of halogens is 2. The largest absolute Gasteiger partial charge is 0.465 e. The second kappa shape index (κ2) is 11.5. The predicted molar refractivity (Wildman–Crippen MR) is 135 cm³/mol. The lowest BCUT2D eigenvalue weighted by molar-refractivity contribution is 0.0600. The van der Waals surface area contributed by atoms with Crippen molar-refractivity contribution in [2.45, 2.75) is 13.1 Å². The standard InChI is InChI=1S/C27H21F2N3O4S/c1-36-26(35)19-6-12-22(13-7-19)31-25(34)23-14-24(33)32(16-18-4-10-21(29)11-5-18)27(37-23)30-15-17-2-8-20(28)9-3-17/h2-14H,15-16H2,1H3,(H,31,34). The number of benzene rings is 3. The first-order valence-corrected chi connectivity index (χ1v) is 11.9. The molecule has 1 N–H and O–H groups in total. The van der Waals surface area contributed by atoms with Gasteiger partial charge in [-0.25, -0.2) is 13.6 Å². The number of esters is 1. The number of anilines is 1. The normalized spacial score (nSPS) is 11.3. The van der Waals surface area contributed by atoms with Crippen LogP contribution in [0.2, 0.25) is 0 Å². The second-order valence-corrected chi connectivity index (χ2v) is 8.92. The van der Waals surface area contributed by atoms with E-state index in [4.69, 9.17) is 0 Å². The fraction of sp³-hybridized carbons (Fsp3) is 0.111. The van der Waals surface area contributed by atoms with E-state index in [1.165, 1.54) is 54.1 Å². The van der Waals surface area contributed by atoms with E-state index in [0.717, 1.165) is 16.9 Å². The molecule has 4 rings (SSSR count). The van der Waals surface area contributed by atoms with Crippen LogP contribution in [0.15, 0.2) is 88.6 Å². The third-order valence-corrected chi connectivity index (χ3v) is 6.36. The number of hydrogen-bond donors (Lipinski definition) is 1. The molecule has 4 aromatic rings. The molecule has 0 aliphatic heterocycles. The molecule has 1 aromatic heterocycles. The van der Waals surface area contributed by atoms with Crippen molar-refractivity contribution in [3.63, 3.8) is 0 Å². The van der Waals surface area contributed by atoms with Gasteiger partial charge in [-0.2, -0.15) is 0 Å². The molecule has 0 fully saturated rings. The number of carbonyl (C=O) groups is 2. The Kier molecular flexibility index (Phi) is 7.99. The Morgan fingerprint density at radius 3 is 2.11 bits per heavy atom. The molecule has 3 aromatic carbocycles. The Hall–Kier alpha value is -4.44. The lowest BCUT2D eigenvalue weighted by atomic mass is 10.2. The van der Waals surface area contributed by atoms with Crippen LogP contribution in [0.4, 0.5) is 14.5 Å². The molecule has 1 amide bonds. The van der Waals surface area contributed by atoms with Crippen LogP contribution < -0.4 is 15.7 Å². The molecule has 188 valence electrons. The molecule has 37 heavy (non-hydrogen) atoms. The molecule has 0 unspecified atom stereocenters. The van der Waals surface area contributed by atoms with Gasteiger partial charge in [-0.1, -0.05) is 35.6 Å². The number of nitrogens with one attached hydrogen (secondary N) is 1. The first kappa shape index (κ1) is 25.6. The van der Waals surface area contributed by atoms with Crippen LogP contribution in [-0.4, -0.2) is 23.6 Å². The summed E-state index contributed by atoms with van der Waals surface area (Å²) in [5, 5.41) is 2.70. The summed E-state index contributed by atoms with van der Waals surface area (Å²) in [4.78, 5) is 42.5. The Balaban J connectivity index is 1.66. The Morgan fingerprint density at radius 1 is 0.919 bits per heavy atom. The van der Waals surface area contributed by atoms with Crippen LogP contribution in [0.1, 0.15) is 31.2 Å². The molecule has 0 aliphatic rings. The highest BCUT2D eigenvalue weighted by molar-refractivity contribution is 7.11. The highest BCUT2D eigenvalue weighted by atomic mass is 32.1. The molecule has 0 saturated carbocycles. The molecule has 0 radical (unpaired) electrons. The molecule has 0 saturated heterocycles. The smallest absolute Gasteiger partial charge is 0.337 e. The SMILES string of the molecule is COC(=O)c1ccc(NC(=O)c2cc(=O)n(Cc3ccc(F)cc3)c(=NCc3ccc(F)cc3)s2)cc1. The lowest BCUT2D eigenvalue weighted by Gasteiger charge is -2.10. The summed E-state index contributed by atoms with van der Waals surface area (Å²) in [5.74, 6) is -1.80. The van der Waals surface area contributed by atoms with Gasteiger partial charge < -0.3 is 10.1 Å². The van der Waals surface area contributed by atoms with Crippen LogP contribution in [0.3, 0.4) is 0 Å². The van der Waals surface area contributed by atoms with Crippen LogP contribution in [0.25, 0.3) is 0 Å². The van der Waals surface area contributed by atoms with Crippen LogP contribution in [0, 0.1) is 11.6 Å². The average molecular weight is 522 g/mol. The van der Waals surface area contributed by atoms with Gasteiger partial charge in [0.2, 0.25) is 0 Å². The molecule has 0 aliphatic carbocycles. The van der Waals surface area contributed by atoms with E-state index in [1.54, 1.807) is 36.4 Å². The predicted octanol–water partition coefficient (Wildman–Crippen LogP) is 4.38. The zero-order valence-electron chi connectivity index (χ0n) is 19.6. The van der Waals surface area contributed by atoms with Gasteiger partial charge >= 0.3 is 5.97 Å². The van der Waals surface area contributed by atoms with Crippen molar-refractivity contribution in [1.82, 2.24) is 4.57 Å². The van der Waals surface area contributed by atoms with Crippen molar-refractivity contribution in [1.29, 1.82) is 0 Å². The number of nitrogens with zero attached hydrogens (tertiary/aromatic N) is 2. The maximum absolute atomic E-state index is 13.3. The van der Waals surface area contributed by atoms with E-state index >= 15 is 0 Å². The minimum atomic E-state index is -0.528. The third-order valence-electron chi connectivity index (χ3n) is 5.30. The average Bonchev–Trinajstić information content (AvgIpc) is 2.90. The first-order valence-electron chi connectivity index (χ1n) is 11.1. The van der Waals surface area contributed by atoms with Crippen molar-refractivity contribution in [2.75, 3.05) is 12.4 Å². The van der Waals surface area contributed by atoms with Crippen molar-refractivity contribution in [2.24, 2.45) is 4.99 Å². The van der Waals surface area contributed by atoms with Gasteiger partial charge in [0.15, 0.2) is 4.80 Å². The van der Waals surface area contributed by atoms with Gasteiger partial charge in [0.25, 0.3) is 11.5 Å². The quantitative estimate of drug-likeness (QED) is 0.366.